The van der Waals surface area contributed by atoms with E-state index in [0.29, 0.717) is 5.95 Å². The first kappa shape index (κ1) is 8.31. The van der Waals surface area contributed by atoms with Gasteiger partial charge in [0, 0.05) is 5.69 Å². The molecule has 0 amide bonds. The molecule has 0 aliphatic rings. The number of aromatic nitrogens is 2. The van der Waals surface area contributed by atoms with Gasteiger partial charge in [0.1, 0.15) is 5.69 Å². The summed E-state index contributed by atoms with van der Waals surface area (Å²) in [6.07, 6.45) is 0. The predicted octanol–water partition coefficient (Wildman–Crippen LogP) is 2.34. The molecule has 0 atom stereocenters. The third kappa shape index (κ3) is 1.33. The minimum atomic E-state index is 0.486. The second kappa shape index (κ2) is 2.88. The van der Waals surface area contributed by atoms with Gasteiger partial charge in [-0.1, -0.05) is 0 Å². The highest BCUT2D eigenvalue weighted by molar-refractivity contribution is 7.13. The van der Waals surface area contributed by atoms with Crippen molar-refractivity contribution in [1.29, 1.82) is 0 Å². The van der Waals surface area contributed by atoms with Crippen LogP contribution in [0.2, 0.25) is 0 Å². The molecule has 0 radical (unpaired) electrons. The number of thiophene rings is 1. The monoisotopic (exact) mass is 193 g/mol. The van der Waals surface area contributed by atoms with E-state index in [9.17, 15) is 0 Å². The van der Waals surface area contributed by atoms with Crippen molar-refractivity contribution in [2.45, 2.75) is 13.8 Å². The molecule has 2 aromatic heterocycles. The molecule has 0 unspecified atom stereocenters. The molecule has 3 nitrogen and oxygen atoms in total. The second-order valence-electron chi connectivity index (χ2n) is 3.03. The summed E-state index contributed by atoms with van der Waals surface area (Å²) in [7, 11) is 0. The van der Waals surface area contributed by atoms with E-state index in [2.05, 4.69) is 28.3 Å². The number of nitrogens with one attached hydrogen (secondary N) is 1. The number of nitrogens with zero attached hydrogens (tertiary/aromatic N) is 1. The molecule has 0 saturated heterocycles. The Kier molecular flexibility index (Phi) is 1.84. The van der Waals surface area contributed by atoms with Crippen molar-refractivity contribution in [2.75, 3.05) is 5.73 Å². The number of aryl methyl sites for hydroxylation is 2. The molecular weight excluding hydrogens is 182 g/mol. The van der Waals surface area contributed by atoms with Gasteiger partial charge in [-0.3, -0.25) is 0 Å². The topological polar surface area (TPSA) is 54.7 Å². The first-order chi connectivity index (χ1) is 6.18. The maximum Gasteiger partial charge on any atom is 0.198 e. The minimum absolute atomic E-state index is 0.486. The van der Waals surface area contributed by atoms with Gasteiger partial charge in [0.25, 0.3) is 0 Å². The van der Waals surface area contributed by atoms with Crippen LogP contribution in [0, 0.1) is 13.8 Å². The summed E-state index contributed by atoms with van der Waals surface area (Å²) in [5.74, 6) is 0.486. The number of hydrogen-bond donors (Lipinski definition) is 2. The number of nitrogen functional groups attached to an aromatic ring is 1. The Hall–Kier alpha value is -1.29. The number of rotatable bonds is 1. The third-order valence-corrected chi connectivity index (χ3v) is 3.00. The smallest absolute Gasteiger partial charge is 0.198 e. The molecule has 0 saturated carbocycles. The van der Waals surface area contributed by atoms with Crippen molar-refractivity contribution < 1.29 is 0 Å². The van der Waals surface area contributed by atoms with Gasteiger partial charge in [-0.15, -0.1) is 11.3 Å². The zero-order chi connectivity index (χ0) is 9.42. The van der Waals surface area contributed by atoms with Gasteiger partial charge < -0.3 is 10.7 Å². The van der Waals surface area contributed by atoms with Crippen LogP contribution in [0.4, 0.5) is 5.95 Å². The Labute approximate surface area is 80.6 Å². The largest absolute Gasteiger partial charge is 0.369 e. The molecule has 4 heteroatoms. The number of H-pyrrole nitrogens is 1. The van der Waals surface area contributed by atoms with Crippen LogP contribution >= 0.6 is 11.3 Å². The van der Waals surface area contributed by atoms with Crippen LogP contribution < -0.4 is 5.73 Å². The molecule has 2 heterocycles. The zero-order valence-electron chi connectivity index (χ0n) is 7.59. The fourth-order valence-electron chi connectivity index (χ4n) is 1.32. The van der Waals surface area contributed by atoms with Gasteiger partial charge in [-0.2, -0.15) is 0 Å². The zero-order valence-corrected chi connectivity index (χ0v) is 8.40. The van der Waals surface area contributed by atoms with E-state index >= 15 is 0 Å². The second-order valence-corrected chi connectivity index (χ2v) is 3.94. The quantitative estimate of drug-likeness (QED) is 0.730. The summed E-state index contributed by atoms with van der Waals surface area (Å²) in [6, 6.07) is 2.09. The van der Waals surface area contributed by atoms with E-state index in [1.54, 1.807) is 11.3 Å². The number of anilines is 1. The minimum Gasteiger partial charge on any atom is -0.369 e. The highest BCUT2D eigenvalue weighted by Crippen LogP contribution is 2.30. The van der Waals surface area contributed by atoms with E-state index in [1.165, 1.54) is 10.4 Å². The Morgan fingerprint density at radius 1 is 1.46 bits per heavy atom. The Bertz CT molecular complexity index is 428. The lowest BCUT2D eigenvalue weighted by molar-refractivity contribution is 1.26. The van der Waals surface area contributed by atoms with Crippen molar-refractivity contribution in [1.82, 2.24) is 9.97 Å². The van der Waals surface area contributed by atoms with Crippen molar-refractivity contribution in [2.24, 2.45) is 0 Å². The van der Waals surface area contributed by atoms with Gasteiger partial charge >= 0.3 is 0 Å². The summed E-state index contributed by atoms with van der Waals surface area (Å²) in [6.45, 7) is 4.06. The Morgan fingerprint density at radius 2 is 2.23 bits per heavy atom. The number of aromatic amines is 1. The lowest BCUT2D eigenvalue weighted by atomic mass is 10.2. The fourth-order valence-corrected chi connectivity index (χ4v) is 2.29. The number of nitrogens with two attached hydrogens (primary N) is 1. The molecule has 3 N–H and O–H groups in total. The van der Waals surface area contributed by atoms with Crippen LogP contribution in [0.1, 0.15) is 11.3 Å². The molecule has 2 aromatic rings. The molecule has 68 valence electrons. The van der Waals surface area contributed by atoms with Crippen molar-refractivity contribution in [3.8, 4) is 10.6 Å². The van der Waals surface area contributed by atoms with Crippen LogP contribution in [0.25, 0.3) is 10.6 Å². The molecule has 0 aliphatic heterocycles. The summed E-state index contributed by atoms with van der Waals surface area (Å²) in [5, 5.41) is 2.06. The molecular formula is C9H11N3S. The number of imidazole rings is 1. The highest BCUT2D eigenvalue weighted by atomic mass is 32.1. The molecule has 13 heavy (non-hydrogen) atoms. The third-order valence-electron chi connectivity index (χ3n) is 1.98. The first-order valence-corrected chi connectivity index (χ1v) is 4.93. The summed E-state index contributed by atoms with van der Waals surface area (Å²) in [4.78, 5) is 8.44. The van der Waals surface area contributed by atoms with Gasteiger partial charge in [0.15, 0.2) is 5.95 Å². The summed E-state index contributed by atoms with van der Waals surface area (Å²) < 4.78 is 0. The summed E-state index contributed by atoms with van der Waals surface area (Å²) in [5.41, 5.74) is 8.83. The average molecular weight is 193 g/mol. The van der Waals surface area contributed by atoms with E-state index in [0.717, 1.165) is 11.4 Å². The maximum atomic E-state index is 5.57. The molecule has 0 aromatic carbocycles. The van der Waals surface area contributed by atoms with Crippen molar-refractivity contribution in [3.05, 3.63) is 22.7 Å². The lowest BCUT2D eigenvalue weighted by Crippen LogP contribution is -1.85. The molecule has 0 spiro atoms. The van der Waals surface area contributed by atoms with E-state index in [-0.39, 0.29) is 0 Å². The average Bonchev–Trinajstić information content (AvgIpc) is 2.58. The molecule has 2 rings (SSSR count). The van der Waals surface area contributed by atoms with Crippen LogP contribution in [0.15, 0.2) is 11.4 Å². The highest BCUT2D eigenvalue weighted by Gasteiger charge is 2.10. The lowest BCUT2D eigenvalue weighted by Gasteiger charge is -1.94. The van der Waals surface area contributed by atoms with Gasteiger partial charge in [0.05, 0.1) is 4.88 Å². The molecule has 0 bridgehead atoms. The van der Waals surface area contributed by atoms with Crippen molar-refractivity contribution >= 4 is 17.3 Å². The Balaban J connectivity index is 2.58. The summed E-state index contributed by atoms with van der Waals surface area (Å²) >= 11 is 1.69. The van der Waals surface area contributed by atoms with Gasteiger partial charge in [-0.25, -0.2) is 4.98 Å². The molecule has 0 aliphatic carbocycles. The maximum absolute atomic E-state index is 5.57. The van der Waals surface area contributed by atoms with Crippen LogP contribution in [0.3, 0.4) is 0 Å². The Morgan fingerprint density at radius 3 is 2.69 bits per heavy atom. The van der Waals surface area contributed by atoms with Gasteiger partial charge in [0.2, 0.25) is 0 Å². The fraction of sp³-hybridized carbons (Fsp3) is 0.222. The van der Waals surface area contributed by atoms with Crippen LogP contribution in [0.5, 0.6) is 0 Å². The van der Waals surface area contributed by atoms with Crippen LogP contribution in [-0.2, 0) is 0 Å². The first-order valence-electron chi connectivity index (χ1n) is 4.05. The standard InChI is InChI=1S/C9H11N3S/c1-5-3-4-13-8(5)7-6(2)11-9(10)12-7/h3-4H,1-2H3,(H3,10,11,12). The van der Waals surface area contributed by atoms with Gasteiger partial charge in [-0.05, 0) is 30.9 Å². The van der Waals surface area contributed by atoms with Crippen LogP contribution in [-0.4, -0.2) is 9.97 Å². The van der Waals surface area contributed by atoms with E-state index in [1.807, 2.05) is 6.92 Å². The van der Waals surface area contributed by atoms with E-state index in [4.69, 9.17) is 5.73 Å². The normalized spacial score (nSPS) is 10.6. The predicted molar refractivity (Wildman–Crippen MR) is 55.8 cm³/mol. The van der Waals surface area contributed by atoms with Crippen molar-refractivity contribution in [3.63, 3.8) is 0 Å². The SMILES string of the molecule is Cc1ccsc1-c1nc(N)[nH]c1C. The van der Waals surface area contributed by atoms with E-state index < -0.39 is 0 Å². The number of hydrogen-bond acceptors (Lipinski definition) is 3. The molecule has 0 fully saturated rings.